The topological polar surface area (TPSA) is 56.7 Å². The lowest BCUT2D eigenvalue weighted by atomic mass is 9.85. The lowest BCUT2D eigenvalue weighted by Crippen LogP contribution is -2.47. The van der Waals surface area contributed by atoms with Gasteiger partial charge in [0.1, 0.15) is 0 Å². The van der Waals surface area contributed by atoms with Gasteiger partial charge in [0.25, 0.3) is 0 Å². The number of thioether (sulfide) groups is 2. The third-order valence-corrected chi connectivity index (χ3v) is 7.43. The summed E-state index contributed by atoms with van der Waals surface area (Å²) in [5, 5.41) is 6.96. The molecule has 2 aliphatic rings. The summed E-state index contributed by atoms with van der Waals surface area (Å²) >= 11 is 3.80. The second-order valence-corrected chi connectivity index (χ2v) is 10.5. The highest BCUT2D eigenvalue weighted by Crippen LogP contribution is 2.27. The molecule has 0 aromatic heterocycles. The van der Waals surface area contributed by atoms with Gasteiger partial charge in [0, 0.05) is 47.8 Å². The van der Waals surface area contributed by atoms with Crippen LogP contribution in [0.3, 0.4) is 0 Å². The molecule has 5 nitrogen and oxygen atoms in total. The van der Waals surface area contributed by atoms with E-state index in [1.807, 2.05) is 23.5 Å². The number of nitrogens with one attached hydrogen (secondary N) is 2. The molecule has 1 amide bonds. The molecule has 2 N–H and O–H groups in total. The lowest BCUT2D eigenvalue weighted by molar-refractivity contribution is -0.136. The van der Waals surface area contributed by atoms with Crippen molar-refractivity contribution in [3.05, 3.63) is 0 Å². The normalized spacial score (nSPS) is 25.1. The smallest absolute Gasteiger partial charge is 0.225 e. The average molecular weight is 401 g/mol. The minimum absolute atomic E-state index is 0.152. The molecule has 1 saturated heterocycles. The van der Waals surface area contributed by atoms with Gasteiger partial charge in [-0.05, 0) is 52.7 Å². The fourth-order valence-electron chi connectivity index (χ4n) is 3.37. The van der Waals surface area contributed by atoms with Gasteiger partial charge in [-0.15, -0.1) is 0 Å². The molecule has 150 valence electrons. The number of carbonyl (C=O) groups is 1. The minimum Gasteiger partial charge on any atom is -0.357 e. The van der Waals surface area contributed by atoms with Crippen molar-refractivity contribution in [2.75, 3.05) is 43.9 Å². The summed E-state index contributed by atoms with van der Waals surface area (Å²) in [7, 11) is 0. The maximum absolute atomic E-state index is 12.7. The van der Waals surface area contributed by atoms with Gasteiger partial charge < -0.3 is 15.5 Å². The number of hydrogen-bond donors (Lipinski definition) is 2. The summed E-state index contributed by atoms with van der Waals surface area (Å²) in [4.78, 5) is 19.6. The van der Waals surface area contributed by atoms with Crippen molar-refractivity contribution in [2.24, 2.45) is 10.9 Å². The maximum atomic E-state index is 12.7. The van der Waals surface area contributed by atoms with Crippen molar-refractivity contribution in [3.63, 3.8) is 0 Å². The number of rotatable bonds is 6. The molecule has 26 heavy (non-hydrogen) atoms. The number of aliphatic imine (C=N–C) groups is 1. The van der Waals surface area contributed by atoms with Crippen LogP contribution < -0.4 is 10.6 Å². The van der Waals surface area contributed by atoms with Gasteiger partial charge in [-0.25, -0.2) is 0 Å². The van der Waals surface area contributed by atoms with Crippen molar-refractivity contribution >= 4 is 35.4 Å². The van der Waals surface area contributed by atoms with E-state index in [9.17, 15) is 4.79 Å². The third-order valence-electron chi connectivity index (χ3n) is 5.25. The van der Waals surface area contributed by atoms with Gasteiger partial charge >= 0.3 is 0 Å². The molecular weight excluding hydrogens is 364 g/mol. The number of guanidine groups is 1. The molecule has 0 bridgehead atoms. The third kappa shape index (κ3) is 6.87. The molecule has 0 spiro atoms. The van der Waals surface area contributed by atoms with Crippen LogP contribution in [0.4, 0.5) is 0 Å². The van der Waals surface area contributed by atoms with Crippen LogP contribution in [0.2, 0.25) is 0 Å². The van der Waals surface area contributed by atoms with Gasteiger partial charge in [-0.2, -0.15) is 23.5 Å². The van der Waals surface area contributed by atoms with E-state index in [-0.39, 0.29) is 10.7 Å². The van der Waals surface area contributed by atoms with Crippen molar-refractivity contribution in [2.45, 2.75) is 57.2 Å². The number of amides is 1. The first-order chi connectivity index (χ1) is 12.4. The predicted molar refractivity (Wildman–Crippen MR) is 116 cm³/mol. The van der Waals surface area contributed by atoms with E-state index >= 15 is 0 Å². The molecule has 1 aliphatic carbocycles. The van der Waals surface area contributed by atoms with Crippen molar-refractivity contribution in [1.82, 2.24) is 15.5 Å². The summed E-state index contributed by atoms with van der Waals surface area (Å²) in [5.41, 5.74) is 0. The molecule has 0 unspecified atom stereocenters. The van der Waals surface area contributed by atoms with Crippen LogP contribution in [0.1, 0.15) is 46.5 Å². The zero-order chi connectivity index (χ0) is 19.0. The summed E-state index contributed by atoms with van der Waals surface area (Å²) < 4.78 is 0.152. The van der Waals surface area contributed by atoms with E-state index < -0.39 is 0 Å². The molecule has 0 radical (unpaired) electrons. The van der Waals surface area contributed by atoms with Crippen LogP contribution in [0.15, 0.2) is 4.99 Å². The van der Waals surface area contributed by atoms with E-state index in [1.54, 1.807) is 0 Å². The first-order valence-electron chi connectivity index (χ1n) is 9.91. The SMILES string of the molecule is CCNC(=NCC(C)(C)SC)NC1CCC(C(=O)N2CCSCC2)CC1. The van der Waals surface area contributed by atoms with E-state index in [0.717, 1.165) is 69.3 Å². The summed E-state index contributed by atoms with van der Waals surface area (Å²) in [6.07, 6.45) is 6.23. The van der Waals surface area contributed by atoms with Gasteiger partial charge in [-0.1, -0.05) is 0 Å². The Morgan fingerprint density at radius 3 is 2.46 bits per heavy atom. The molecule has 2 fully saturated rings. The Bertz CT molecular complexity index is 470. The Hall–Kier alpha value is -0.560. The lowest BCUT2D eigenvalue weighted by Gasteiger charge is -2.34. The van der Waals surface area contributed by atoms with Gasteiger partial charge in [0.2, 0.25) is 5.91 Å². The summed E-state index contributed by atoms with van der Waals surface area (Å²) in [6.45, 7) is 10.1. The molecule has 1 aliphatic heterocycles. The van der Waals surface area contributed by atoms with Crippen LogP contribution in [0, 0.1) is 5.92 Å². The fraction of sp³-hybridized carbons (Fsp3) is 0.895. The fourth-order valence-corrected chi connectivity index (χ4v) is 4.47. The molecule has 0 aromatic carbocycles. The molecule has 7 heteroatoms. The van der Waals surface area contributed by atoms with E-state index in [2.05, 4.69) is 42.6 Å². The van der Waals surface area contributed by atoms with Crippen LogP contribution >= 0.6 is 23.5 Å². The summed E-state index contributed by atoms with van der Waals surface area (Å²) in [6, 6.07) is 0.422. The van der Waals surface area contributed by atoms with E-state index in [1.165, 1.54) is 0 Å². The molecular formula is C19H36N4OS2. The van der Waals surface area contributed by atoms with E-state index in [0.29, 0.717) is 11.9 Å². The molecule has 0 atom stereocenters. The first kappa shape index (κ1) is 21.7. The van der Waals surface area contributed by atoms with Crippen LogP contribution in [0.5, 0.6) is 0 Å². The molecule has 0 aromatic rings. The second kappa shape index (κ2) is 10.7. The van der Waals surface area contributed by atoms with E-state index in [4.69, 9.17) is 4.99 Å². The van der Waals surface area contributed by atoms with Crippen LogP contribution in [-0.2, 0) is 4.79 Å². The highest BCUT2D eigenvalue weighted by molar-refractivity contribution is 8.00. The van der Waals surface area contributed by atoms with Crippen LogP contribution in [-0.4, -0.2) is 71.5 Å². The number of nitrogens with zero attached hydrogens (tertiary/aromatic N) is 2. The molecule has 1 saturated carbocycles. The number of hydrogen-bond acceptors (Lipinski definition) is 4. The average Bonchev–Trinajstić information content (AvgIpc) is 2.67. The van der Waals surface area contributed by atoms with Crippen molar-refractivity contribution < 1.29 is 4.79 Å². The Morgan fingerprint density at radius 1 is 1.23 bits per heavy atom. The van der Waals surface area contributed by atoms with Crippen LogP contribution in [0.25, 0.3) is 0 Å². The Morgan fingerprint density at radius 2 is 1.88 bits per heavy atom. The molecule has 1 heterocycles. The van der Waals surface area contributed by atoms with Gasteiger partial charge in [0.15, 0.2) is 5.96 Å². The van der Waals surface area contributed by atoms with Gasteiger partial charge in [-0.3, -0.25) is 9.79 Å². The van der Waals surface area contributed by atoms with Gasteiger partial charge in [0.05, 0.1) is 6.54 Å². The minimum atomic E-state index is 0.152. The maximum Gasteiger partial charge on any atom is 0.225 e. The van der Waals surface area contributed by atoms with Crippen molar-refractivity contribution in [3.8, 4) is 0 Å². The largest absolute Gasteiger partial charge is 0.357 e. The zero-order valence-corrected chi connectivity index (χ0v) is 18.5. The Balaban J connectivity index is 1.81. The monoisotopic (exact) mass is 400 g/mol. The summed E-state index contributed by atoms with van der Waals surface area (Å²) in [5.74, 6) is 3.73. The quantitative estimate of drug-likeness (QED) is 0.530. The standard InChI is InChI=1S/C19H36N4OS2/c1-5-20-18(21-14-19(2,3)25-4)22-16-8-6-15(7-9-16)17(24)23-10-12-26-13-11-23/h15-16H,5-14H2,1-4H3,(H2,20,21,22). The Labute approximate surface area is 167 Å². The first-order valence-corrected chi connectivity index (χ1v) is 12.3. The predicted octanol–water partition coefficient (Wildman–Crippen LogP) is 2.82. The highest BCUT2D eigenvalue weighted by Gasteiger charge is 2.30. The van der Waals surface area contributed by atoms with Crippen molar-refractivity contribution in [1.29, 1.82) is 0 Å². The second-order valence-electron chi connectivity index (χ2n) is 7.79. The Kier molecular flexibility index (Phi) is 8.94. The zero-order valence-electron chi connectivity index (χ0n) is 16.8. The number of carbonyl (C=O) groups excluding carboxylic acids is 1. The molecule has 2 rings (SSSR count). The highest BCUT2D eigenvalue weighted by atomic mass is 32.2.